The molecule has 5 rings (SSSR count). The van der Waals surface area contributed by atoms with E-state index in [-0.39, 0.29) is 5.56 Å². The molecule has 2 aliphatic rings. The van der Waals surface area contributed by atoms with Gasteiger partial charge in [-0.25, -0.2) is 9.78 Å². The van der Waals surface area contributed by atoms with Crippen LogP contribution < -0.4 is 10.0 Å². The lowest BCUT2D eigenvalue weighted by Crippen LogP contribution is -2.47. The predicted octanol–water partition coefficient (Wildman–Crippen LogP) is 8.06. The van der Waals surface area contributed by atoms with Gasteiger partial charge in [-0.15, -0.1) is 0 Å². The van der Waals surface area contributed by atoms with Gasteiger partial charge in [0.1, 0.15) is 5.82 Å². The van der Waals surface area contributed by atoms with Crippen LogP contribution in [0.3, 0.4) is 0 Å². The highest BCUT2D eigenvalue weighted by atomic mass is 32.2. The van der Waals surface area contributed by atoms with Gasteiger partial charge in [-0.3, -0.25) is 0 Å². The summed E-state index contributed by atoms with van der Waals surface area (Å²) in [5.41, 5.74) is 6.86. The second kappa shape index (κ2) is 11.7. The molecular formula is C33H41N3O2S. The van der Waals surface area contributed by atoms with E-state index >= 15 is 0 Å². The van der Waals surface area contributed by atoms with Gasteiger partial charge >= 0.3 is 5.97 Å². The molecule has 3 N–H and O–H groups in total. The van der Waals surface area contributed by atoms with E-state index in [1.54, 1.807) is 18.2 Å². The summed E-state index contributed by atoms with van der Waals surface area (Å²) in [6.07, 6.45) is 8.88. The van der Waals surface area contributed by atoms with E-state index < -0.39 is 5.97 Å². The van der Waals surface area contributed by atoms with Crippen molar-refractivity contribution in [2.45, 2.75) is 89.6 Å². The summed E-state index contributed by atoms with van der Waals surface area (Å²) in [7, 11) is 0. The summed E-state index contributed by atoms with van der Waals surface area (Å²) in [6.45, 7) is 8.93. The number of hydrogen-bond acceptors (Lipinski definition) is 5. The van der Waals surface area contributed by atoms with Crippen LogP contribution in [0.5, 0.6) is 0 Å². The maximum absolute atomic E-state index is 11.4. The van der Waals surface area contributed by atoms with Gasteiger partial charge in [-0.2, -0.15) is 0 Å². The predicted molar refractivity (Wildman–Crippen MR) is 161 cm³/mol. The highest BCUT2D eigenvalue weighted by molar-refractivity contribution is 8.00. The minimum absolute atomic E-state index is 0.280. The number of nitrogens with one attached hydrogen (secondary N) is 2. The number of anilines is 1. The van der Waals surface area contributed by atoms with Crippen LogP contribution in [0.25, 0.3) is 11.3 Å². The Hall–Kier alpha value is -2.83. The van der Waals surface area contributed by atoms with Crippen molar-refractivity contribution >= 4 is 23.7 Å². The zero-order valence-electron chi connectivity index (χ0n) is 23.6. The van der Waals surface area contributed by atoms with E-state index in [0.29, 0.717) is 23.4 Å². The van der Waals surface area contributed by atoms with E-state index in [1.165, 1.54) is 66.3 Å². The van der Waals surface area contributed by atoms with Gasteiger partial charge in [0.05, 0.1) is 11.3 Å². The van der Waals surface area contributed by atoms with Gasteiger partial charge in [0, 0.05) is 22.5 Å². The Labute approximate surface area is 237 Å². The molecule has 0 amide bonds. The number of nitrogens with zero attached hydrogens (tertiary/aromatic N) is 1. The number of benzene rings is 2. The monoisotopic (exact) mass is 543 g/mol. The summed E-state index contributed by atoms with van der Waals surface area (Å²) in [4.78, 5) is 17.3. The summed E-state index contributed by atoms with van der Waals surface area (Å²) < 4.78 is 3.40. The van der Waals surface area contributed by atoms with Crippen molar-refractivity contribution in [3.8, 4) is 11.3 Å². The number of carboxylic acids is 1. The number of carbonyl (C=O) groups is 1. The second-order valence-electron chi connectivity index (χ2n) is 12.2. The van der Waals surface area contributed by atoms with Gasteiger partial charge in [0.15, 0.2) is 0 Å². The zero-order chi connectivity index (χ0) is 27.6. The Morgan fingerprint density at radius 3 is 2.46 bits per heavy atom. The minimum Gasteiger partial charge on any atom is -0.478 e. The standard InChI is InChI=1S/C33H41N3O2S/c1-21(2)15-26(34-27-19-33(20-27)13-14-33)12-11-24-16-29(31-22(3)7-5-8-23(31)4)35-30(17-24)36-39-28-10-6-9-25(18-28)32(37)38/h5-10,16-18,21,26-27,34H,11-15,19-20H2,1-4H3,(H,35,36)(H,37,38). The molecule has 0 aliphatic heterocycles. The molecule has 0 saturated heterocycles. The lowest BCUT2D eigenvalue weighted by atomic mass is 9.76. The molecule has 1 heterocycles. The first kappa shape index (κ1) is 27.7. The van der Waals surface area contributed by atoms with E-state index in [9.17, 15) is 9.90 Å². The fraction of sp³-hybridized carbons (Fsp3) is 0.455. The lowest BCUT2D eigenvalue weighted by Gasteiger charge is -2.39. The summed E-state index contributed by atoms with van der Waals surface area (Å²) in [5.74, 6) is 0.530. The van der Waals surface area contributed by atoms with Crippen molar-refractivity contribution in [1.29, 1.82) is 0 Å². The van der Waals surface area contributed by atoms with E-state index in [0.717, 1.165) is 29.2 Å². The van der Waals surface area contributed by atoms with Crippen molar-refractivity contribution in [3.05, 3.63) is 76.9 Å². The Kier molecular flexibility index (Phi) is 8.34. The average Bonchev–Trinajstić information content (AvgIpc) is 3.67. The molecule has 2 aliphatic carbocycles. The first-order chi connectivity index (χ1) is 18.7. The van der Waals surface area contributed by atoms with Crippen LogP contribution in [-0.2, 0) is 6.42 Å². The molecule has 3 aromatic rings. The van der Waals surface area contributed by atoms with Gasteiger partial charge in [-0.1, -0.05) is 38.1 Å². The first-order valence-electron chi connectivity index (χ1n) is 14.3. The van der Waals surface area contributed by atoms with Gasteiger partial charge in [0.25, 0.3) is 0 Å². The minimum atomic E-state index is -0.923. The normalized spacial score (nSPS) is 16.7. The molecule has 6 heteroatoms. The van der Waals surface area contributed by atoms with Crippen molar-refractivity contribution in [1.82, 2.24) is 10.3 Å². The molecule has 2 saturated carbocycles. The number of hydrogen-bond donors (Lipinski definition) is 3. The third-order valence-corrected chi connectivity index (χ3v) is 9.10. The largest absolute Gasteiger partial charge is 0.478 e. The number of aromatic nitrogens is 1. The third-order valence-electron chi connectivity index (χ3n) is 8.30. The molecule has 0 radical (unpaired) electrons. The van der Waals surface area contributed by atoms with E-state index in [4.69, 9.17) is 4.98 Å². The molecule has 5 nitrogen and oxygen atoms in total. The summed E-state index contributed by atoms with van der Waals surface area (Å²) in [6, 6.07) is 19.0. The summed E-state index contributed by atoms with van der Waals surface area (Å²) in [5, 5.41) is 13.4. The quantitative estimate of drug-likeness (QED) is 0.201. The highest BCUT2D eigenvalue weighted by Gasteiger charge is 2.52. The smallest absolute Gasteiger partial charge is 0.335 e. The molecule has 2 fully saturated rings. The fourth-order valence-corrected chi connectivity index (χ4v) is 6.79. The van der Waals surface area contributed by atoms with Crippen LogP contribution in [0.4, 0.5) is 5.82 Å². The molecule has 0 bridgehead atoms. The number of rotatable bonds is 12. The van der Waals surface area contributed by atoms with Crippen LogP contribution in [0.1, 0.15) is 79.4 Å². The SMILES string of the molecule is Cc1cccc(C)c1-c1cc(CCC(CC(C)C)NC2CC3(CC3)C2)cc(NSc2cccc(C(=O)O)c2)n1. The Morgan fingerprint density at radius 2 is 1.79 bits per heavy atom. The highest BCUT2D eigenvalue weighted by Crippen LogP contribution is 2.60. The number of pyridine rings is 1. The molecule has 206 valence electrons. The van der Waals surface area contributed by atoms with Crippen molar-refractivity contribution in [2.24, 2.45) is 11.3 Å². The van der Waals surface area contributed by atoms with Gasteiger partial charge in [0.2, 0.25) is 0 Å². The number of aromatic carboxylic acids is 1. The van der Waals surface area contributed by atoms with Gasteiger partial charge in [-0.05, 0) is 129 Å². The van der Waals surface area contributed by atoms with Crippen molar-refractivity contribution < 1.29 is 9.90 Å². The van der Waals surface area contributed by atoms with Crippen LogP contribution in [0, 0.1) is 25.2 Å². The fourth-order valence-electron chi connectivity index (χ4n) is 6.14. The molecule has 39 heavy (non-hydrogen) atoms. The lowest BCUT2D eigenvalue weighted by molar-refractivity contribution is 0.0696. The van der Waals surface area contributed by atoms with Crippen LogP contribution in [-0.4, -0.2) is 28.1 Å². The van der Waals surface area contributed by atoms with Crippen molar-refractivity contribution in [2.75, 3.05) is 4.72 Å². The molecule has 1 unspecified atom stereocenters. The molecule has 1 spiro atoms. The third kappa shape index (κ3) is 7.03. The van der Waals surface area contributed by atoms with E-state index in [1.807, 2.05) is 6.07 Å². The Bertz CT molecular complexity index is 1310. The molecule has 1 aromatic heterocycles. The molecule has 2 aromatic carbocycles. The van der Waals surface area contributed by atoms with Gasteiger partial charge < -0.3 is 15.1 Å². The molecular weight excluding hydrogens is 502 g/mol. The number of carboxylic acid groups (broad SMARTS) is 1. The van der Waals surface area contributed by atoms with Crippen LogP contribution >= 0.6 is 11.9 Å². The Balaban J connectivity index is 1.35. The summed E-state index contributed by atoms with van der Waals surface area (Å²) >= 11 is 1.40. The van der Waals surface area contributed by atoms with Crippen LogP contribution in [0.2, 0.25) is 0 Å². The average molecular weight is 544 g/mol. The number of aryl methyl sites for hydroxylation is 3. The first-order valence-corrected chi connectivity index (χ1v) is 15.1. The maximum atomic E-state index is 11.4. The second-order valence-corrected chi connectivity index (χ2v) is 13.1. The zero-order valence-corrected chi connectivity index (χ0v) is 24.4. The van der Waals surface area contributed by atoms with Crippen LogP contribution in [0.15, 0.2) is 59.5 Å². The topological polar surface area (TPSA) is 74.2 Å². The maximum Gasteiger partial charge on any atom is 0.335 e. The Morgan fingerprint density at radius 1 is 1.08 bits per heavy atom. The van der Waals surface area contributed by atoms with E-state index in [2.05, 4.69) is 68.1 Å². The van der Waals surface area contributed by atoms with Crippen molar-refractivity contribution in [3.63, 3.8) is 0 Å². The molecule has 1 atom stereocenters.